The van der Waals surface area contributed by atoms with Crippen molar-refractivity contribution in [1.82, 2.24) is 19.7 Å². The van der Waals surface area contributed by atoms with E-state index < -0.39 is 0 Å². The summed E-state index contributed by atoms with van der Waals surface area (Å²) in [6, 6.07) is 10.0. The van der Waals surface area contributed by atoms with Crippen LogP contribution >= 0.6 is 0 Å². The zero-order chi connectivity index (χ0) is 18.9. The number of carbonyl (C=O) groups is 1. The summed E-state index contributed by atoms with van der Waals surface area (Å²) >= 11 is 0. The molecule has 2 aromatic heterocycles. The smallest absolute Gasteiger partial charge is 0.276 e. The van der Waals surface area contributed by atoms with Crippen molar-refractivity contribution >= 4 is 22.5 Å². The van der Waals surface area contributed by atoms with Crippen LogP contribution in [0.3, 0.4) is 0 Å². The lowest BCUT2D eigenvalue weighted by atomic mass is 10.2. The number of H-pyrrole nitrogens is 1. The van der Waals surface area contributed by atoms with Gasteiger partial charge in [0.05, 0.1) is 13.2 Å². The molecule has 28 heavy (non-hydrogen) atoms. The molecule has 1 saturated carbocycles. The normalized spacial score (nSPS) is 17.9. The number of ether oxygens (including phenoxy) is 1. The molecule has 1 aromatic carbocycles. The number of aromatic nitrogens is 3. The molecule has 3 aromatic rings. The highest BCUT2D eigenvalue weighted by Crippen LogP contribution is 2.39. The molecule has 2 aliphatic rings. The maximum Gasteiger partial charge on any atom is 0.276 e. The third-order valence-electron chi connectivity index (χ3n) is 5.64. The minimum absolute atomic E-state index is 0.172. The van der Waals surface area contributed by atoms with E-state index in [2.05, 4.69) is 43.3 Å². The largest absolute Gasteiger partial charge is 0.379 e. The summed E-state index contributed by atoms with van der Waals surface area (Å²) in [7, 11) is 0. The Labute approximate surface area is 163 Å². The molecule has 1 amide bonds. The first-order chi connectivity index (χ1) is 13.8. The van der Waals surface area contributed by atoms with Gasteiger partial charge in [-0.1, -0.05) is 0 Å². The van der Waals surface area contributed by atoms with Gasteiger partial charge in [-0.25, -0.2) is 0 Å². The molecule has 2 fully saturated rings. The standard InChI is InChI=1S/C21H25N5O2/c27-21(19-14-18(23-24-19)15-1-2-15)22-17-3-4-20-16(13-17)5-6-26(20)8-7-25-9-11-28-12-10-25/h3-6,13-15H,1-2,7-12H2,(H,22,27)(H,23,24). The predicted molar refractivity (Wildman–Crippen MR) is 108 cm³/mol. The topological polar surface area (TPSA) is 75.2 Å². The van der Waals surface area contributed by atoms with Gasteiger partial charge < -0.3 is 14.6 Å². The highest BCUT2D eigenvalue weighted by molar-refractivity contribution is 6.03. The molecule has 5 rings (SSSR count). The molecule has 0 atom stereocenters. The lowest BCUT2D eigenvalue weighted by Crippen LogP contribution is -2.38. The second kappa shape index (κ2) is 7.41. The second-order valence-corrected chi connectivity index (χ2v) is 7.67. The van der Waals surface area contributed by atoms with Crippen LogP contribution in [0.1, 0.15) is 34.9 Å². The van der Waals surface area contributed by atoms with Crippen molar-refractivity contribution in [2.75, 3.05) is 38.2 Å². The number of hydrogen-bond donors (Lipinski definition) is 2. The van der Waals surface area contributed by atoms with E-state index in [0.717, 1.165) is 56.2 Å². The summed E-state index contributed by atoms with van der Waals surface area (Å²) in [5.74, 6) is 0.386. The summed E-state index contributed by atoms with van der Waals surface area (Å²) in [5, 5.41) is 11.2. The Morgan fingerprint density at radius 3 is 2.86 bits per heavy atom. The summed E-state index contributed by atoms with van der Waals surface area (Å²) in [4.78, 5) is 14.9. The minimum Gasteiger partial charge on any atom is -0.379 e. The van der Waals surface area contributed by atoms with Crippen LogP contribution in [-0.4, -0.2) is 58.4 Å². The lowest BCUT2D eigenvalue weighted by molar-refractivity contribution is 0.0365. The van der Waals surface area contributed by atoms with E-state index in [4.69, 9.17) is 4.74 Å². The van der Waals surface area contributed by atoms with E-state index in [9.17, 15) is 4.79 Å². The van der Waals surface area contributed by atoms with Gasteiger partial charge in [0.15, 0.2) is 5.69 Å². The van der Waals surface area contributed by atoms with Crippen LogP contribution < -0.4 is 5.32 Å². The van der Waals surface area contributed by atoms with E-state index in [0.29, 0.717) is 11.6 Å². The molecule has 2 N–H and O–H groups in total. The van der Waals surface area contributed by atoms with Crippen molar-refractivity contribution in [3.8, 4) is 0 Å². The first-order valence-corrected chi connectivity index (χ1v) is 10.0. The molecule has 0 unspecified atom stereocenters. The van der Waals surface area contributed by atoms with Crippen molar-refractivity contribution in [2.45, 2.75) is 25.3 Å². The van der Waals surface area contributed by atoms with Crippen molar-refractivity contribution in [3.05, 3.63) is 47.9 Å². The van der Waals surface area contributed by atoms with Gasteiger partial charge in [-0.15, -0.1) is 0 Å². The van der Waals surface area contributed by atoms with Gasteiger partial charge in [0, 0.05) is 60.6 Å². The van der Waals surface area contributed by atoms with E-state index in [1.54, 1.807) is 0 Å². The average molecular weight is 379 g/mol. The molecule has 146 valence electrons. The number of carbonyl (C=O) groups excluding carboxylic acids is 1. The lowest BCUT2D eigenvalue weighted by Gasteiger charge is -2.26. The number of benzene rings is 1. The third kappa shape index (κ3) is 3.68. The summed E-state index contributed by atoms with van der Waals surface area (Å²) in [5.41, 5.74) is 3.49. The Morgan fingerprint density at radius 1 is 1.18 bits per heavy atom. The molecule has 3 heterocycles. The Hall–Kier alpha value is -2.64. The van der Waals surface area contributed by atoms with Gasteiger partial charge in [-0.2, -0.15) is 5.10 Å². The maximum atomic E-state index is 12.5. The predicted octanol–water partition coefficient (Wildman–Crippen LogP) is 2.83. The molecule has 7 heteroatoms. The van der Waals surface area contributed by atoms with Crippen LogP contribution in [0.25, 0.3) is 10.9 Å². The Bertz CT molecular complexity index is 982. The number of fused-ring (bicyclic) bond motifs is 1. The molecule has 0 radical (unpaired) electrons. The van der Waals surface area contributed by atoms with Gasteiger partial charge >= 0.3 is 0 Å². The average Bonchev–Trinajstić information content (AvgIpc) is 3.31. The highest BCUT2D eigenvalue weighted by Gasteiger charge is 2.26. The van der Waals surface area contributed by atoms with Crippen molar-refractivity contribution in [1.29, 1.82) is 0 Å². The SMILES string of the molecule is O=C(Nc1ccc2c(ccn2CCN2CCOCC2)c1)c1cc(C2CC2)[nH]n1. The summed E-state index contributed by atoms with van der Waals surface area (Å²) in [6.45, 7) is 5.64. The number of rotatable bonds is 6. The monoisotopic (exact) mass is 379 g/mol. The Balaban J connectivity index is 1.25. The fraction of sp³-hybridized carbons (Fsp3) is 0.429. The fourth-order valence-electron chi connectivity index (χ4n) is 3.80. The highest BCUT2D eigenvalue weighted by atomic mass is 16.5. The van der Waals surface area contributed by atoms with Crippen molar-refractivity contribution in [3.63, 3.8) is 0 Å². The van der Waals surface area contributed by atoms with Crippen LogP contribution in [-0.2, 0) is 11.3 Å². The Morgan fingerprint density at radius 2 is 2.04 bits per heavy atom. The van der Waals surface area contributed by atoms with Gasteiger partial charge in [-0.3, -0.25) is 14.8 Å². The summed E-state index contributed by atoms with van der Waals surface area (Å²) in [6.07, 6.45) is 4.48. The van der Waals surface area contributed by atoms with Crippen LogP contribution in [0.15, 0.2) is 36.5 Å². The summed E-state index contributed by atoms with van der Waals surface area (Å²) < 4.78 is 7.68. The van der Waals surface area contributed by atoms with Crippen molar-refractivity contribution < 1.29 is 9.53 Å². The van der Waals surface area contributed by atoms with Crippen molar-refractivity contribution in [2.24, 2.45) is 0 Å². The zero-order valence-electron chi connectivity index (χ0n) is 15.9. The number of anilines is 1. The third-order valence-corrected chi connectivity index (χ3v) is 5.64. The molecule has 1 aliphatic heterocycles. The van der Waals surface area contributed by atoms with Crippen LogP contribution in [0.5, 0.6) is 0 Å². The second-order valence-electron chi connectivity index (χ2n) is 7.67. The van der Waals surface area contributed by atoms with Crippen LogP contribution in [0.4, 0.5) is 5.69 Å². The van der Waals surface area contributed by atoms with E-state index >= 15 is 0 Å². The number of aromatic amines is 1. The number of nitrogens with zero attached hydrogens (tertiary/aromatic N) is 3. The molecule has 0 bridgehead atoms. The molecular formula is C21H25N5O2. The van der Waals surface area contributed by atoms with E-state index in [1.165, 1.54) is 18.4 Å². The van der Waals surface area contributed by atoms with Gasteiger partial charge in [0.1, 0.15) is 0 Å². The van der Waals surface area contributed by atoms with Crippen LogP contribution in [0.2, 0.25) is 0 Å². The van der Waals surface area contributed by atoms with Gasteiger partial charge in [-0.05, 0) is 43.2 Å². The maximum absolute atomic E-state index is 12.5. The zero-order valence-corrected chi connectivity index (χ0v) is 15.9. The number of hydrogen-bond acceptors (Lipinski definition) is 4. The first-order valence-electron chi connectivity index (χ1n) is 10.0. The van der Waals surface area contributed by atoms with Crippen LogP contribution in [0, 0.1) is 0 Å². The molecule has 0 spiro atoms. The molecule has 7 nitrogen and oxygen atoms in total. The molecular weight excluding hydrogens is 354 g/mol. The number of nitrogens with one attached hydrogen (secondary N) is 2. The molecule has 1 saturated heterocycles. The Kier molecular flexibility index (Phi) is 4.62. The molecule has 1 aliphatic carbocycles. The quantitative estimate of drug-likeness (QED) is 0.691. The fourth-order valence-corrected chi connectivity index (χ4v) is 3.80. The van der Waals surface area contributed by atoms with Gasteiger partial charge in [0.25, 0.3) is 5.91 Å². The minimum atomic E-state index is -0.172. The number of morpholine rings is 1. The van der Waals surface area contributed by atoms with E-state index in [1.807, 2.05) is 18.2 Å². The number of amides is 1. The van der Waals surface area contributed by atoms with Gasteiger partial charge in [0.2, 0.25) is 0 Å². The van der Waals surface area contributed by atoms with E-state index in [-0.39, 0.29) is 5.91 Å². The first kappa shape index (κ1) is 17.5.